The summed E-state index contributed by atoms with van der Waals surface area (Å²) in [4.78, 5) is 1.25. The lowest BCUT2D eigenvalue weighted by molar-refractivity contribution is -0.786. The van der Waals surface area contributed by atoms with Crippen molar-refractivity contribution in [3.05, 3.63) is 107 Å². The quantitative estimate of drug-likeness (QED) is 0.141. The van der Waals surface area contributed by atoms with E-state index < -0.39 is 0 Å². The molecule has 0 aliphatic heterocycles. The van der Waals surface area contributed by atoms with E-state index in [0.29, 0.717) is 0 Å². The molecule has 0 saturated carbocycles. The van der Waals surface area contributed by atoms with Crippen LogP contribution in [0.1, 0.15) is 5.56 Å². The van der Waals surface area contributed by atoms with Crippen LogP contribution in [0.15, 0.2) is 102 Å². The number of benzene rings is 4. The van der Waals surface area contributed by atoms with Crippen LogP contribution in [0.3, 0.4) is 0 Å². The van der Waals surface area contributed by atoms with E-state index in [1.807, 2.05) is 48.5 Å². The Labute approximate surface area is 226 Å². The Morgan fingerprint density at radius 1 is 0.686 bits per heavy atom. The number of nitrogens with zero attached hydrogens (tertiary/aromatic N) is 1. The Morgan fingerprint density at radius 2 is 1.14 bits per heavy atom. The van der Waals surface area contributed by atoms with E-state index in [1.165, 1.54) is 10.6 Å². The van der Waals surface area contributed by atoms with E-state index >= 15 is 0 Å². The molecule has 0 radical (unpaired) electrons. The van der Waals surface area contributed by atoms with Gasteiger partial charge in [-0.05, 0) is 97.1 Å². The van der Waals surface area contributed by atoms with Crippen LogP contribution in [-0.2, 0) is 0 Å². The first-order valence-electron chi connectivity index (χ1n) is 10.6. The van der Waals surface area contributed by atoms with E-state index in [1.54, 1.807) is 24.3 Å². The number of amidine groups is 1. The summed E-state index contributed by atoms with van der Waals surface area (Å²) in [6.07, 6.45) is 0. The molecule has 0 unspecified atom stereocenters. The molecule has 4 rings (SSSR count). The third kappa shape index (κ3) is 6.99. The topological polar surface area (TPSA) is 59.9 Å². The third-order valence-corrected chi connectivity index (χ3v) is 5.81. The fraction of sp³-hybridized carbons (Fsp3) is 0.0741. The largest absolute Gasteiger partial charge is 1.00 e. The van der Waals surface area contributed by atoms with Crippen molar-refractivity contribution in [1.29, 1.82) is 0 Å². The Hall–Kier alpha value is -3.03. The van der Waals surface area contributed by atoms with E-state index in [2.05, 4.69) is 64.2 Å². The highest BCUT2D eigenvalue weighted by atomic mass is 79.9. The van der Waals surface area contributed by atoms with Crippen molar-refractivity contribution in [3.8, 4) is 11.5 Å². The van der Waals surface area contributed by atoms with Crippen LogP contribution in [0.5, 0.6) is 11.5 Å². The van der Waals surface area contributed by atoms with Crippen molar-refractivity contribution < 1.29 is 39.9 Å². The molecule has 182 valence electrons. The van der Waals surface area contributed by atoms with Gasteiger partial charge in [0.25, 0.3) is 5.84 Å². The van der Waals surface area contributed by atoms with Crippen LogP contribution < -0.4 is 39.6 Å². The fourth-order valence-electron chi connectivity index (χ4n) is 3.50. The number of aromatic hydroxyl groups is 2. The van der Waals surface area contributed by atoms with Crippen molar-refractivity contribution in [3.63, 3.8) is 0 Å². The van der Waals surface area contributed by atoms with Gasteiger partial charge in [0.15, 0.2) is 0 Å². The van der Waals surface area contributed by atoms with Gasteiger partial charge in [0.1, 0.15) is 34.2 Å². The molecule has 0 aromatic heterocycles. The average molecular weight is 575 g/mol. The van der Waals surface area contributed by atoms with Crippen molar-refractivity contribution in [2.75, 3.05) is 19.4 Å². The number of phenols is 2. The minimum atomic E-state index is 0. The molecular weight excluding hydrogens is 549 g/mol. The van der Waals surface area contributed by atoms with Crippen LogP contribution in [0.25, 0.3) is 0 Å². The molecule has 0 amide bonds. The first-order valence-corrected chi connectivity index (χ1v) is 11.4. The number of nitrogens with one attached hydrogen (secondary N) is 2. The molecule has 0 spiro atoms. The lowest BCUT2D eigenvalue weighted by Gasteiger charge is -2.15. The second-order valence-corrected chi connectivity index (χ2v) is 8.84. The first-order chi connectivity index (χ1) is 15.9. The number of rotatable bonds is 5. The second-order valence-electron chi connectivity index (χ2n) is 7.93. The van der Waals surface area contributed by atoms with Gasteiger partial charge in [0, 0.05) is 4.47 Å². The van der Waals surface area contributed by atoms with Gasteiger partial charge < -0.3 is 39.9 Å². The summed E-state index contributed by atoms with van der Waals surface area (Å²) in [5.74, 6) is 1.24. The van der Waals surface area contributed by atoms with Gasteiger partial charge in [-0.3, -0.25) is 0 Å². The smallest absolute Gasteiger partial charge is 0.292 e. The fourth-order valence-corrected chi connectivity index (χ4v) is 3.76. The average Bonchev–Trinajstić information content (AvgIpc) is 2.82. The monoisotopic (exact) mass is 573 g/mol. The number of halogens is 3. The van der Waals surface area contributed by atoms with Crippen molar-refractivity contribution >= 4 is 44.5 Å². The predicted molar refractivity (Wildman–Crippen MR) is 138 cm³/mol. The maximum absolute atomic E-state index is 9.86. The molecule has 8 heteroatoms. The zero-order chi connectivity index (χ0) is 23.4. The molecule has 4 N–H and O–H groups in total. The van der Waals surface area contributed by atoms with E-state index in [4.69, 9.17) is 0 Å². The number of hydrogen-bond acceptors (Lipinski definition) is 2. The van der Waals surface area contributed by atoms with Gasteiger partial charge in [0.2, 0.25) is 0 Å². The van der Waals surface area contributed by atoms with Gasteiger partial charge in [0.05, 0.1) is 19.7 Å². The number of phenolic OH excluding ortho intramolecular Hbond substituents is 2. The van der Waals surface area contributed by atoms with E-state index in [-0.39, 0.29) is 36.3 Å². The normalized spacial score (nSPS) is 10.2. The van der Waals surface area contributed by atoms with Crippen LogP contribution in [0, 0.1) is 0 Å². The molecule has 35 heavy (non-hydrogen) atoms. The zero-order valence-corrected chi connectivity index (χ0v) is 22.3. The standard InChI is InChI=1S/C27H24BrN3O2.2ClH/c1-30(2)22-9-3-19(4-10-22)27(29-21-7-5-20(28)6-8-21)31(23-11-15-25(32)16-12-23)24-13-17-26(33)18-14-24;;/h3-18,32-33H,1-2H3;2*1H. The third-order valence-electron chi connectivity index (χ3n) is 5.28. The molecule has 0 saturated heterocycles. The van der Waals surface area contributed by atoms with E-state index in [9.17, 15) is 10.2 Å². The van der Waals surface area contributed by atoms with Gasteiger partial charge in [-0.2, -0.15) is 4.58 Å². The van der Waals surface area contributed by atoms with Crippen LogP contribution in [0.2, 0.25) is 0 Å². The lowest BCUT2D eigenvalue weighted by Crippen LogP contribution is -3.00. The predicted octanol–water partition coefficient (Wildman–Crippen LogP) is -0.962. The van der Waals surface area contributed by atoms with Crippen LogP contribution in [-0.4, -0.2) is 30.1 Å². The Balaban J connectivity index is 0.00000216. The molecule has 0 atom stereocenters. The SMILES string of the molecule is C[NH+](C)c1ccc(C(Nc2ccc(Br)cc2)=[N+](c2ccc(O)cc2)c2ccc(O)cc2)cc1.[Cl-].[Cl-]. The minimum Gasteiger partial charge on any atom is -1.00 e. The molecule has 0 bridgehead atoms. The van der Waals surface area contributed by atoms with Gasteiger partial charge in [-0.15, -0.1) is 0 Å². The van der Waals surface area contributed by atoms with Gasteiger partial charge in [-0.1, -0.05) is 15.9 Å². The molecule has 0 fully saturated rings. The second kappa shape index (κ2) is 12.6. The highest BCUT2D eigenvalue weighted by Gasteiger charge is 2.22. The van der Waals surface area contributed by atoms with Crippen molar-refractivity contribution in [1.82, 2.24) is 4.58 Å². The minimum absolute atomic E-state index is 0. The molecule has 0 aliphatic carbocycles. The summed E-state index contributed by atoms with van der Waals surface area (Å²) in [6.45, 7) is 0. The molecule has 5 nitrogen and oxygen atoms in total. The van der Waals surface area contributed by atoms with Gasteiger partial charge >= 0.3 is 0 Å². The first kappa shape index (κ1) is 28.2. The highest BCUT2D eigenvalue weighted by Crippen LogP contribution is 2.27. The maximum Gasteiger partial charge on any atom is 0.292 e. The summed E-state index contributed by atoms with van der Waals surface area (Å²) in [5, 5.41) is 23.3. The Morgan fingerprint density at radius 3 is 1.57 bits per heavy atom. The summed E-state index contributed by atoms with van der Waals surface area (Å²) in [6, 6.07) is 30.5. The van der Waals surface area contributed by atoms with Crippen molar-refractivity contribution in [2.45, 2.75) is 0 Å². The Kier molecular flexibility index (Phi) is 10.2. The summed E-state index contributed by atoms with van der Waals surface area (Å²) < 4.78 is 3.07. The van der Waals surface area contributed by atoms with Crippen molar-refractivity contribution in [2.24, 2.45) is 0 Å². The molecule has 0 aliphatic rings. The molecule has 0 heterocycles. The number of anilines is 1. The van der Waals surface area contributed by atoms with Crippen LogP contribution >= 0.6 is 15.9 Å². The molecule has 4 aromatic rings. The zero-order valence-electron chi connectivity index (χ0n) is 19.2. The molecule has 4 aromatic carbocycles. The summed E-state index contributed by atoms with van der Waals surface area (Å²) in [5.41, 5.74) is 4.82. The number of hydrogen-bond donors (Lipinski definition) is 4. The summed E-state index contributed by atoms with van der Waals surface area (Å²) >= 11 is 3.50. The highest BCUT2D eigenvalue weighted by molar-refractivity contribution is 9.10. The Bertz CT molecular complexity index is 1210. The summed E-state index contributed by atoms with van der Waals surface area (Å²) in [7, 11) is 4.19. The van der Waals surface area contributed by atoms with E-state index in [0.717, 1.165) is 32.9 Å². The van der Waals surface area contributed by atoms with Gasteiger partial charge in [-0.25, -0.2) is 5.32 Å². The molecular formula is C27H26BrCl2N3O2. The number of quaternary nitrogens is 1. The van der Waals surface area contributed by atoms with Crippen LogP contribution in [0.4, 0.5) is 22.7 Å². The lowest BCUT2D eigenvalue weighted by atomic mass is 10.1. The maximum atomic E-state index is 9.86.